The maximum atomic E-state index is 12.8. The molecule has 4 rings (SSSR count). The first-order chi connectivity index (χ1) is 14.1. The molecule has 0 saturated carbocycles. The van der Waals surface area contributed by atoms with Gasteiger partial charge in [-0.2, -0.15) is 0 Å². The van der Waals surface area contributed by atoms with Crippen molar-refractivity contribution in [2.24, 2.45) is 0 Å². The number of aryl methyl sites for hydroxylation is 1. The molecule has 1 aromatic heterocycles. The number of hydrogen-bond acceptors (Lipinski definition) is 3. The second kappa shape index (κ2) is 8.60. The van der Waals surface area contributed by atoms with Gasteiger partial charge in [-0.05, 0) is 73.4 Å². The summed E-state index contributed by atoms with van der Waals surface area (Å²) in [5, 5.41) is 2.78. The molecule has 1 N–H and O–H groups in total. The van der Waals surface area contributed by atoms with Crippen molar-refractivity contribution < 1.29 is 9.59 Å². The molecule has 0 radical (unpaired) electrons. The zero-order valence-electron chi connectivity index (χ0n) is 16.9. The minimum atomic E-state index is 0.00640. The topological polar surface area (TPSA) is 62.3 Å². The molecule has 29 heavy (non-hydrogen) atoms. The lowest BCUT2D eigenvalue weighted by Crippen LogP contribution is -2.31. The Balaban J connectivity index is 1.44. The van der Waals surface area contributed by atoms with Crippen molar-refractivity contribution in [3.05, 3.63) is 64.4 Å². The third kappa shape index (κ3) is 4.56. The number of pyridine rings is 1. The van der Waals surface area contributed by atoms with Crippen LogP contribution < -0.4 is 5.32 Å². The molecule has 0 bridgehead atoms. The number of allylic oxidation sites excluding steroid dienone is 5. The summed E-state index contributed by atoms with van der Waals surface area (Å²) < 4.78 is 0. The number of anilines is 1. The third-order valence-electron chi connectivity index (χ3n) is 5.74. The summed E-state index contributed by atoms with van der Waals surface area (Å²) in [6.07, 6.45) is 17.3. The van der Waals surface area contributed by atoms with Gasteiger partial charge >= 0.3 is 0 Å². The lowest BCUT2D eigenvalue weighted by molar-refractivity contribution is -0.125. The molecular formula is C24H27N3O2. The van der Waals surface area contributed by atoms with Crippen LogP contribution in [0.4, 0.5) is 5.82 Å². The van der Waals surface area contributed by atoms with E-state index < -0.39 is 0 Å². The third-order valence-corrected chi connectivity index (χ3v) is 5.74. The maximum Gasteiger partial charge on any atom is 0.246 e. The van der Waals surface area contributed by atoms with Crippen LogP contribution in [-0.4, -0.2) is 34.8 Å². The molecule has 1 aliphatic carbocycles. The monoisotopic (exact) mass is 389 g/mol. The van der Waals surface area contributed by atoms with E-state index in [2.05, 4.69) is 35.5 Å². The Bertz CT molecular complexity index is 953. The molecule has 0 aromatic carbocycles. The first-order valence-corrected chi connectivity index (χ1v) is 10.4. The highest BCUT2D eigenvalue weighted by molar-refractivity contribution is 5.94. The molecule has 2 aliphatic heterocycles. The normalized spacial score (nSPS) is 19.7. The smallest absolute Gasteiger partial charge is 0.246 e. The van der Waals surface area contributed by atoms with Gasteiger partial charge in [-0.25, -0.2) is 4.98 Å². The maximum absolute atomic E-state index is 12.8. The predicted molar refractivity (Wildman–Crippen MR) is 115 cm³/mol. The van der Waals surface area contributed by atoms with E-state index in [4.69, 9.17) is 0 Å². The molecule has 5 heteroatoms. The van der Waals surface area contributed by atoms with E-state index in [0.717, 1.165) is 43.4 Å². The SMILES string of the molecule is CC1=C(C2=CCCC=C2)CCCN(C(=O)C=Cc2cnc3c(c2)CCC(=O)N3)C1. The second-order valence-corrected chi connectivity index (χ2v) is 7.92. The highest BCUT2D eigenvalue weighted by Gasteiger charge is 2.19. The van der Waals surface area contributed by atoms with Gasteiger partial charge in [-0.15, -0.1) is 0 Å². The van der Waals surface area contributed by atoms with Crippen molar-refractivity contribution in [1.82, 2.24) is 9.88 Å². The zero-order chi connectivity index (χ0) is 20.2. The van der Waals surface area contributed by atoms with Gasteiger partial charge in [0, 0.05) is 31.8 Å². The van der Waals surface area contributed by atoms with Crippen LogP contribution in [0, 0.1) is 0 Å². The Morgan fingerprint density at radius 2 is 2.14 bits per heavy atom. The summed E-state index contributed by atoms with van der Waals surface area (Å²) in [5.41, 5.74) is 5.93. The first-order valence-electron chi connectivity index (χ1n) is 10.4. The van der Waals surface area contributed by atoms with Crippen LogP contribution in [0.2, 0.25) is 0 Å². The van der Waals surface area contributed by atoms with E-state index in [1.807, 2.05) is 17.0 Å². The number of aromatic nitrogens is 1. The number of fused-ring (bicyclic) bond motifs is 1. The number of nitrogens with one attached hydrogen (secondary N) is 1. The fourth-order valence-electron chi connectivity index (χ4n) is 4.18. The number of carbonyl (C=O) groups excluding carboxylic acids is 2. The van der Waals surface area contributed by atoms with Crippen LogP contribution >= 0.6 is 0 Å². The Kier molecular flexibility index (Phi) is 5.74. The Labute approximate surface area is 171 Å². The van der Waals surface area contributed by atoms with Crippen LogP contribution in [0.1, 0.15) is 50.2 Å². The second-order valence-electron chi connectivity index (χ2n) is 7.92. The summed E-state index contributed by atoms with van der Waals surface area (Å²) >= 11 is 0. The molecule has 3 heterocycles. The fourth-order valence-corrected chi connectivity index (χ4v) is 4.18. The van der Waals surface area contributed by atoms with Crippen LogP contribution in [-0.2, 0) is 16.0 Å². The summed E-state index contributed by atoms with van der Waals surface area (Å²) in [5.74, 6) is 0.674. The van der Waals surface area contributed by atoms with Crippen molar-refractivity contribution >= 4 is 23.7 Å². The standard InChI is InChI=1S/C24H27N3O2/c1-17-16-27(13-5-8-21(17)19-6-3-2-4-7-19)23(29)12-9-18-14-20-10-11-22(28)26-24(20)25-15-18/h3,6-7,9,12,14-15H,2,4-5,8,10-11,13,16H2,1H3,(H,25,26,28). The van der Waals surface area contributed by atoms with Gasteiger partial charge in [-0.3, -0.25) is 9.59 Å². The number of carbonyl (C=O) groups is 2. The summed E-state index contributed by atoms with van der Waals surface area (Å²) in [6.45, 7) is 3.60. The first kappa shape index (κ1) is 19.4. The van der Waals surface area contributed by atoms with E-state index in [1.54, 1.807) is 12.3 Å². The molecule has 0 saturated heterocycles. The van der Waals surface area contributed by atoms with E-state index >= 15 is 0 Å². The van der Waals surface area contributed by atoms with Gasteiger partial charge in [0.05, 0.1) is 0 Å². The van der Waals surface area contributed by atoms with Crippen molar-refractivity contribution in [2.75, 3.05) is 18.4 Å². The average Bonchev–Trinajstić information content (AvgIpc) is 2.94. The Hall–Kier alpha value is -2.95. The lowest BCUT2D eigenvalue weighted by atomic mass is 9.93. The minimum Gasteiger partial charge on any atom is -0.335 e. The zero-order valence-corrected chi connectivity index (χ0v) is 16.9. The van der Waals surface area contributed by atoms with Crippen LogP contribution in [0.15, 0.2) is 53.3 Å². The van der Waals surface area contributed by atoms with Crippen LogP contribution in [0.3, 0.4) is 0 Å². The average molecular weight is 389 g/mol. The quantitative estimate of drug-likeness (QED) is 0.789. The minimum absolute atomic E-state index is 0.00640. The highest BCUT2D eigenvalue weighted by atomic mass is 16.2. The number of amides is 2. The number of nitrogens with zero attached hydrogens (tertiary/aromatic N) is 2. The van der Waals surface area contributed by atoms with Crippen LogP contribution in [0.25, 0.3) is 6.08 Å². The van der Waals surface area contributed by atoms with Gasteiger partial charge in [0.1, 0.15) is 5.82 Å². The van der Waals surface area contributed by atoms with Crippen LogP contribution in [0.5, 0.6) is 0 Å². The molecule has 1 aromatic rings. The van der Waals surface area contributed by atoms with Crippen molar-refractivity contribution in [3.8, 4) is 0 Å². The molecule has 2 amide bonds. The lowest BCUT2D eigenvalue weighted by Gasteiger charge is -2.20. The van der Waals surface area contributed by atoms with Gasteiger partial charge in [0.15, 0.2) is 0 Å². The molecule has 0 spiro atoms. The molecule has 0 fully saturated rings. The van der Waals surface area contributed by atoms with Crippen molar-refractivity contribution in [3.63, 3.8) is 0 Å². The molecule has 0 atom stereocenters. The van der Waals surface area contributed by atoms with Gasteiger partial charge in [0.2, 0.25) is 11.8 Å². The molecular weight excluding hydrogens is 362 g/mol. The summed E-state index contributed by atoms with van der Waals surface area (Å²) in [7, 11) is 0. The van der Waals surface area contributed by atoms with Gasteiger partial charge in [-0.1, -0.05) is 23.8 Å². The fraction of sp³-hybridized carbons (Fsp3) is 0.375. The van der Waals surface area contributed by atoms with Gasteiger partial charge < -0.3 is 10.2 Å². The van der Waals surface area contributed by atoms with E-state index in [9.17, 15) is 9.59 Å². The number of rotatable bonds is 3. The van der Waals surface area contributed by atoms with E-state index in [1.165, 1.54) is 16.7 Å². The van der Waals surface area contributed by atoms with Gasteiger partial charge in [0.25, 0.3) is 0 Å². The van der Waals surface area contributed by atoms with E-state index in [0.29, 0.717) is 25.2 Å². The predicted octanol–water partition coefficient (Wildman–Crippen LogP) is 4.19. The summed E-state index contributed by atoms with van der Waals surface area (Å²) in [6, 6.07) is 2.00. The highest BCUT2D eigenvalue weighted by Crippen LogP contribution is 2.28. The van der Waals surface area contributed by atoms with Crippen molar-refractivity contribution in [2.45, 2.75) is 45.4 Å². The Morgan fingerprint density at radius 3 is 2.97 bits per heavy atom. The largest absolute Gasteiger partial charge is 0.335 e. The molecule has 0 unspecified atom stereocenters. The number of hydrogen-bond donors (Lipinski definition) is 1. The summed E-state index contributed by atoms with van der Waals surface area (Å²) in [4.78, 5) is 30.5. The van der Waals surface area contributed by atoms with E-state index in [-0.39, 0.29) is 11.8 Å². The molecule has 3 aliphatic rings. The van der Waals surface area contributed by atoms with Crippen molar-refractivity contribution in [1.29, 1.82) is 0 Å². The molecule has 5 nitrogen and oxygen atoms in total. The molecule has 150 valence electrons. The Morgan fingerprint density at radius 1 is 1.24 bits per heavy atom.